The second-order valence-electron chi connectivity index (χ2n) is 9.24. The predicted molar refractivity (Wildman–Crippen MR) is 126 cm³/mol. The summed E-state index contributed by atoms with van der Waals surface area (Å²) >= 11 is 0. The average molecular weight is 427 g/mol. The fraction of sp³-hybridized carbons (Fsp3) is 0.630. The van der Waals surface area contributed by atoms with Crippen LogP contribution in [0.3, 0.4) is 0 Å². The summed E-state index contributed by atoms with van der Waals surface area (Å²) in [6, 6.07) is 5.10. The molecule has 1 aliphatic rings. The Morgan fingerprint density at radius 3 is 2.32 bits per heavy atom. The maximum Gasteiger partial charge on any atom is 0.165 e. The van der Waals surface area contributed by atoms with Gasteiger partial charge in [-0.3, -0.25) is 0 Å². The molecule has 31 heavy (non-hydrogen) atoms. The molecule has 4 heteroatoms. The van der Waals surface area contributed by atoms with Gasteiger partial charge >= 0.3 is 0 Å². The molecule has 0 radical (unpaired) electrons. The second-order valence-corrected chi connectivity index (χ2v) is 9.24. The molecule has 1 aliphatic carbocycles. The van der Waals surface area contributed by atoms with Crippen LogP contribution in [0, 0.1) is 17.7 Å². The Kier molecular flexibility index (Phi) is 9.30. The largest absolute Gasteiger partial charge is 0.491 e. The van der Waals surface area contributed by atoms with E-state index in [1.807, 2.05) is 18.5 Å². The molecule has 1 aromatic heterocycles. The van der Waals surface area contributed by atoms with E-state index in [9.17, 15) is 4.39 Å². The number of hydrogen-bond donors (Lipinski definition) is 0. The minimum Gasteiger partial charge on any atom is -0.491 e. The fourth-order valence-electron chi connectivity index (χ4n) is 4.72. The van der Waals surface area contributed by atoms with E-state index in [4.69, 9.17) is 4.74 Å². The van der Waals surface area contributed by atoms with Gasteiger partial charge in [-0.25, -0.2) is 14.4 Å². The highest BCUT2D eigenvalue weighted by Crippen LogP contribution is 2.38. The molecule has 170 valence electrons. The van der Waals surface area contributed by atoms with Crippen LogP contribution in [-0.2, 0) is 0 Å². The Morgan fingerprint density at radius 1 is 0.968 bits per heavy atom. The van der Waals surface area contributed by atoms with Gasteiger partial charge in [-0.2, -0.15) is 0 Å². The van der Waals surface area contributed by atoms with Gasteiger partial charge in [-0.1, -0.05) is 71.8 Å². The van der Waals surface area contributed by atoms with Gasteiger partial charge in [-0.05, 0) is 48.8 Å². The van der Waals surface area contributed by atoms with Gasteiger partial charge in [0.1, 0.15) is 5.82 Å². The lowest BCUT2D eigenvalue weighted by Gasteiger charge is -2.31. The molecule has 1 fully saturated rings. The zero-order chi connectivity index (χ0) is 22.1. The van der Waals surface area contributed by atoms with Crippen molar-refractivity contribution in [1.82, 2.24) is 9.97 Å². The Bertz CT molecular complexity index is 784. The lowest BCUT2D eigenvalue weighted by atomic mass is 9.74. The Labute approximate surface area is 187 Å². The maximum absolute atomic E-state index is 14.4. The topological polar surface area (TPSA) is 35.0 Å². The van der Waals surface area contributed by atoms with E-state index < -0.39 is 0 Å². The SMILES string of the molecule is CCCCCC1CCC(C(C)c2ncc(-c3ccc(OCCCC)c(F)c3)cn2)CC1. The molecule has 1 heterocycles. The lowest BCUT2D eigenvalue weighted by Crippen LogP contribution is -2.20. The molecule has 2 aromatic rings. The number of aromatic nitrogens is 2. The van der Waals surface area contributed by atoms with Gasteiger partial charge in [0.15, 0.2) is 11.6 Å². The summed E-state index contributed by atoms with van der Waals surface area (Å²) in [5.41, 5.74) is 1.63. The molecule has 1 saturated carbocycles. The molecule has 3 rings (SSSR count). The van der Waals surface area contributed by atoms with Crippen LogP contribution in [0.1, 0.15) is 96.7 Å². The van der Waals surface area contributed by atoms with Crippen molar-refractivity contribution in [2.75, 3.05) is 6.61 Å². The van der Waals surface area contributed by atoms with Crippen molar-refractivity contribution >= 4 is 0 Å². The third-order valence-corrected chi connectivity index (χ3v) is 6.91. The quantitative estimate of drug-likeness (QED) is 0.342. The molecule has 0 amide bonds. The van der Waals surface area contributed by atoms with E-state index in [0.29, 0.717) is 24.2 Å². The summed E-state index contributed by atoms with van der Waals surface area (Å²) in [7, 11) is 0. The van der Waals surface area contributed by atoms with Gasteiger partial charge in [0.05, 0.1) is 6.61 Å². The van der Waals surface area contributed by atoms with Gasteiger partial charge in [0, 0.05) is 23.9 Å². The Morgan fingerprint density at radius 2 is 1.68 bits per heavy atom. The third kappa shape index (κ3) is 6.75. The van der Waals surface area contributed by atoms with E-state index in [1.54, 1.807) is 6.07 Å². The second kappa shape index (κ2) is 12.2. The molecule has 1 unspecified atom stereocenters. The summed E-state index contributed by atoms with van der Waals surface area (Å²) in [5.74, 6) is 2.86. The zero-order valence-corrected chi connectivity index (χ0v) is 19.6. The number of unbranched alkanes of at least 4 members (excludes halogenated alkanes) is 3. The first kappa shape index (κ1) is 23.7. The highest BCUT2D eigenvalue weighted by atomic mass is 19.1. The zero-order valence-electron chi connectivity index (χ0n) is 19.6. The number of rotatable bonds is 11. The minimum atomic E-state index is -0.332. The first-order valence-corrected chi connectivity index (χ1v) is 12.4. The van der Waals surface area contributed by atoms with Gasteiger partial charge in [-0.15, -0.1) is 0 Å². The average Bonchev–Trinajstić information content (AvgIpc) is 2.80. The minimum absolute atomic E-state index is 0.314. The Hall–Kier alpha value is -1.97. The van der Waals surface area contributed by atoms with Crippen LogP contribution in [0.4, 0.5) is 4.39 Å². The summed E-state index contributed by atoms with van der Waals surface area (Å²) in [5, 5.41) is 0. The molecule has 3 nitrogen and oxygen atoms in total. The number of nitrogens with zero attached hydrogens (tertiary/aromatic N) is 2. The normalized spacial score (nSPS) is 19.9. The van der Waals surface area contributed by atoms with Crippen LogP contribution < -0.4 is 4.74 Å². The number of benzene rings is 1. The highest BCUT2D eigenvalue weighted by Gasteiger charge is 2.27. The van der Waals surface area contributed by atoms with Gasteiger partial charge in [0.25, 0.3) is 0 Å². The van der Waals surface area contributed by atoms with Gasteiger partial charge < -0.3 is 4.74 Å². The van der Waals surface area contributed by atoms with Crippen molar-refractivity contribution in [3.63, 3.8) is 0 Å². The number of ether oxygens (including phenoxy) is 1. The fourth-order valence-corrected chi connectivity index (χ4v) is 4.72. The molecule has 0 spiro atoms. The van der Waals surface area contributed by atoms with E-state index in [1.165, 1.54) is 57.4 Å². The van der Waals surface area contributed by atoms with Crippen LogP contribution in [0.5, 0.6) is 5.75 Å². The summed E-state index contributed by atoms with van der Waals surface area (Å²) in [4.78, 5) is 9.32. The van der Waals surface area contributed by atoms with Crippen molar-refractivity contribution in [3.8, 4) is 16.9 Å². The summed E-state index contributed by atoms with van der Waals surface area (Å²) < 4.78 is 19.9. The smallest absolute Gasteiger partial charge is 0.165 e. The van der Waals surface area contributed by atoms with E-state index in [-0.39, 0.29) is 5.82 Å². The predicted octanol–water partition coefficient (Wildman–Crippen LogP) is 7.95. The lowest BCUT2D eigenvalue weighted by molar-refractivity contribution is 0.232. The van der Waals surface area contributed by atoms with Crippen molar-refractivity contribution in [2.24, 2.45) is 11.8 Å². The van der Waals surface area contributed by atoms with Crippen molar-refractivity contribution < 1.29 is 9.13 Å². The molecule has 0 N–H and O–H groups in total. The maximum atomic E-state index is 14.4. The molecule has 1 aromatic carbocycles. The summed E-state index contributed by atoms with van der Waals surface area (Å²) in [6.07, 6.45) is 16.4. The monoisotopic (exact) mass is 426 g/mol. The van der Waals surface area contributed by atoms with E-state index in [2.05, 4.69) is 30.7 Å². The van der Waals surface area contributed by atoms with Gasteiger partial charge in [0.2, 0.25) is 0 Å². The number of hydrogen-bond acceptors (Lipinski definition) is 3. The first-order valence-electron chi connectivity index (χ1n) is 12.4. The van der Waals surface area contributed by atoms with Crippen LogP contribution in [0.2, 0.25) is 0 Å². The molecular weight excluding hydrogens is 387 g/mol. The standard InChI is InChI=1S/C27H39FN2O/c1-4-6-8-9-21-10-12-22(13-11-21)20(3)27-29-18-24(19-30-27)23-14-15-26(25(28)17-23)31-16-7-5-2/h14-15,17-22H,4-13,16H2,1-3H3. The molecular formula is C27H39FN2O. The number of halogens is 1. The summed E-state index contributed by atoms with van der Waals surface area (Å²) in [6.45, 7) is 7.17. The van der Waals surface area contributed by atoms with E-state index >= 15 is 0 Å². The first-order chi connectivity index (χ1) is 15.1. The van der Waals surface area contributed by atoms with Crippen LogP contribution in [0.25, 0.3) is 11.1 Å². The van der Waals surface area contributed by atoms with Crippen molar-refractivity contribution in [2.45, 2.75) is 90.9 Å². The molecule has 0 aliphatic heterocycles. The third-order valence-electron chi connectivity index (χ3n) is 6.91. The Balaban J connectivity index is 1.56. The van der Waals surface area contributed by atoms with Crippen LogP contribution in [0.15, 0.2) is 30.6 Å². The van der Waals surface area contributed by atoms with E-state index in [0.717, 1.165) is 35.7 Å². The molecule has 0 bridgehead atoms. The molecule has 0 saturated heterocycles. The van der Waals surface area contributed by atoms with Crippen molar-refractivity contribution in [1.29, 1.82) is 0 Å². The van der Waals surface area contributed by atoms with Crippen molar-refractivity contribution in [3.05, 3.63) is 42.2 Å². The highest BCUT2D eigenvalue weighted by molar-refractivity contribution is 5.62. The van der Waals surface area contributed by atoms with Crippen LogP contribution in [-0.4, -0.2) is 16.6 Å². The molecule has 1 atom stereocenters. The van der Waals surface area contributed by atoms with Crippen LogP contribution >= 0.6 is 0 Å².